The molecule has 0 spiro atoms. The molecule has 2 heteroatoms. The Balaban J connectivity index is 1.37. The number of allylic oxidation sites excluding steroid dienone is 1. The monoisotopic (exact) mass is 304 g/mol. The van der Waals surface area contributed by atoms with Crippen LogP contribution in [0.2, 0.25) is 0 Å². The lowest BCUT2D eigenvalue weighted by atomic mass is 9.96. The molecule has 2 atom stereocenters. The van der Waals surface area contributed by atoms with Crippen LogP contribution in [-0.2, 0) is 9.53 Å². The van der Waals surface area contributed by atoms with E-state index in [1.54, 1.807) is 0 Å². The fraction of sp³-hybridized carbons (Fsp3) is 0.800. The molecule has 2 rings (SSSR count). The number of hydrogen-bond donors (Lipinski definition) is 0. The summed E-state index contributed by atoms with van der Waals surface area (Å²) in [5.74, 6) is 0.503. The van der Waals surface area contributed by atoms with Crippen LogP contribution in [-0.4, -0.2) is 12.6 Å². The summed E-state index contributed by atoms with van der Waals surface area (Å²) in [7, 11) is 0. The van der Waals surface area contributed by atoms with Gasteiger partial charge in [0.1, 0.15) is 0 Å². The highest BCUT2D eigenvalue weighted by Crippen LogP contribution is 2.40. The molecule has 22 heavy (non-hydrogen) atoms. The highest BCUT2D eigenvalue weighted by Gasteiger charge is 2.37. The highest BCUT2D eigenvalue weighted by molar-refractivity contribution is 5.74. The van der Waals surface area contributed by atoms with Gasteiger partial charge >= 0.3 is 5.97 Å². The van der Waals surface area contributed by atoms with E-state index in [0.717, 1.165) is 19.3 Å². The Morgan fingerprint density at radius 3 is 2.23 bits per heavy atom. The van der Waals surface area contributed by atoms with Gasteiger partial charge in [0.2, 0.25) is 0 Å². The van der Waals surface area contributed by atoms with Crippen molar-refractivity contribution in [3.8, 4) is 0 Å². The number of ether oxygens (including phenoxy) is 1. The van der Waals surface area contributed by atoms with Crippen molar-refractivity contribution in [2.45, 2.75) is 84.0 Å². The van der Waals surface area contributed by atoms with Crippen molar-refractivity contribution in [1.82, 2.24) is 0 Å². The molecule has 0 aromatic rings. The topological polar surface area (TPSA) is 26.3 Å². The number of carbonyl (C=O) groups excluding carboxylic acids is 1. The molecule has 124 valence electrons. The van der Waals surface area contributed by atoms with Crippen LogP contribution >= 0.6 is 0 Å². The molecule has 0 amide bonds. The van der Waals surface area contributed by atoms with Crippen LogP contribution in [0.25, 0.3) is 0 Å². The molecular weight excluding hydrogens is 272 g/mol. The van der Waals surface area contributed by atoms with E-state index >= 15 is 0 Å². The Kier molecular flexibility index (Phi) is 7.80. The Morgan fingerprint density at radius 1 is 1.05 bits per heavy atom. The van der Waals surface area contributed by atoms with Crippen LogP contribution in [0.5, 0.6) is 0 Å². The van der Waals surface area contributed by atoms with Crippen molar-refractivity contribution in [1.29, 1.82) is 0 Å². The predicted octanol–water partition coefficient (Wildman–Crippen LogP) is 5.57. The maximum atomic E-state index is 12.0. The fourth-order valence-corrected chi connectivity index (χ4v) is 3.57. The minimum absolute atomic E-state index is 0.0219. The summed E-state index contributed by atoms with van der Waals surface area (Å²) in [4.78, 5) is 12.0. The standard InChI is InChI=1S/C20H32O2/c1-2-3-4-5-6-7-8-9-10-11-14-22-20(21)19-16-17-12-13-18(19)15-17/h13,18-19H,2-11,14-16H2,1H3. The van der Waals surface area contributed by atoms with Crippen molar-refractivity contribution >= 4 is 5.97 Å². The fourth-order valence-electron chi connectivity index (χ4n) is 3.57. The quantitative estimate of drug-likeness (QED) is 0.267. The Hall–Kier alpha value is -1.01. The summed E-state index contributed by atoms with van der Waals surface area (Å²) in [6.45, 7) is 2.87. The van der Waals surface area contributed by atoms with E-state index in [1.165, 1.54) is 63.4 Å². The molecule has 2 unspecified atom stereocenters. The van der Waals surface area contributed by atoms with E-state index < -0.39 is 0 Å². The zero-order valence-corrected chi connectivity index (χ0v) is 14.2. The third kappa shape index (κ3) is 5.65. The molecule has 0 aliphatic heterocycles. The largest absolute Gasteiger partial charge is 0.465 e. The number of unbranched alkanes of at least 4 members (excludes halogenated alkanes) is 9. The molecule has 2 nitrogen and oxygen atoms in total. The first-order valence-corrected chi connectivity index (χ1v) is 9.42. The van der Waals surface area contributed by atoms with Gasteiger partial charge in [-0.3, -0.25) is 4.79 Å². The lowest BCUT2D eigenvalue weighted by molar-refractivity contribution is -0.149. The normalized spacial score (nSPS) is 22.1. The molecule has 0 aromatic carbocycles. The average molecular weight is 304 g/mol. The summed E-state index contributed by atoms with van der Waals surface area (Å²) < 4.78 is 5.45. The van der Waals surface area contributed by atoms with Crippen molar-refractivity contribution in [3.63, 3.8) is 0 Å². The van der Waals surface area contributed by atoms with Gasteiger partial charge in [-0.1, -0.05) is 64.7 Å². The summed E-state index contributed by atoms with van der Waals surface area (Å²) in [5.41, 5.74) is 4.55. The third-order valence-electron chi connectivity index (χ3n) is 5.01. The zero-order valence-electron chi connectivity index (χ0n) is 14.2. The third-order valence-corrected chi connectivity index (χ3v) is 5.01. The van der Waals surface area contributed by atoms with Gasteiger partial charge in [-0.2, -0.15) is 0 Å². The second-order valence-electron chi connectivity index (χ2n) is 6.94. The van der Waals surface area contributed by atoms with Crippen LogP contribution < -0.4 is 0 Å². The minimum atomic E-state index is 0.0219. The van der Waals surface area contributed by atoms with Gasteiger partial charge in [0.05, 0.1) is 12.5 Å². The van der Waals surface area contributed by atoms with Crippen LogP contribution in [0.15, 0.2) is 17.4 Å². The SMILES string of the molecule is CCCCCCCCCCCCOC(=O)C1CC2=C=CC1C2. The molecule has 0 N–H and O–H groups in total. The Morgan fingerprint density at radius 2 is 1.68 bits per heavy atom. The molecule has 0 saturated heterocycles. The zero-order chi connectivity index (χ0) is 15.6. The van der Waals surface area contributed by atoms with Gasteiger partial charge < -0.3 is 4.74 Å². The number of hydrogen-bond acceptors (Lipinski definition) is 2. The van der Waals surface area contributed by atoms with Crippen molar-refractivity contribution in [3.05, 3.63) is 17.4 Å². The van der Waals surface area contributed by atoms with Crippen molar-refractivity contribution < 1.29 is 9.53 Å². The Labute approximate surface area is 136 Å². The lowest BCUT2D eigenvalue weighted by Gasteiger charge is -2.14. The smallest absolute Gasteiger partial charge is 0.309 e. The van der Waals surface area contributed by atoms with Gasteiger partial charge in [0.25, 0.3) is 0 Å². The lowest BCUT2D eigenvalue weighted by Crippen LogP contribution is -2.21. The summed E-state index contributed by atoms with van der Waals surface area (Å²) in [6.07, 6.45) is 17.1. The van der Waals surface area contributed by atoms with E-state index in [0.29, 0.717) is 12.5 Å². The number of fused-ring (bicyclic) bond motifs is 2. The van der Waals surface area contributed by atoms with Gasteiger partial charge in [0.15, 0.2) is 0 Å². The highest BCUT2D eigenvalue weighted by atomic mass is 16.5. The van der Waals surface area contributed by atoms with Crippen LogP contribution in [0.3, 0.4) is 0 Å². The Bertz CT molecular complexity index is 404. The van der Waals surface area contributed by atoms with Crippen LogP contribution in [0, 0.1) is 11.8 Å². The first-order chi connectivity index (χ1) is 10.8. The molecule has 0 aromatic heterocycles. The maximum Gasteiger partial charge on any atom is 0.309 e. The molecule has 1 saturated carbocycles. The van der Waals surface area contributed by atoms with Gasteiger partial charge in [0, 0.05) is 5.92 Å². The molecule has 2 bridgehead atoms. The minimum Gasteiger partial charge on any atom is -0.465 e. The first-order valence-electron chi connectivity index (χ1n) is 9.42. The maximum absolute atomic E-state index is 12.0. The summed E-state index contributed by atoms with van der Waals surface area (Å²) in [6, 6.07) is 0. The molecule has 2 aliphatic carbocycles. The molecule has 2 aliphatic rings. The van der Waals surface area contributed by atoms with Crippen molar-refractivity contribution in [2.24, 2.45) is 11.8 Å². The van der Waals surface area contributed by atoms with E-state index in [9.17, 15) is 4.79 Å². The van der Waals surface area contributed by atoms with Crippen LogP contribution in [0.1, 0.15) is 84.0 Å². The predicted molar refractivity (Wildman–Crippen MR) is 90.6 cm³/mol. The molecule has 0 heterocycles. The van der Waals surface area contributed by atoms with E-state index in [2.05, 4.69) is 18.7 Å². The second-order valence-corrected chi connectivity index (χ2v) is 6.94. The molecule has 0 radical (unpaired) electrons. The van der Waals surface area contributed by atoms with Gasteiger partial charge in [-0.15, -0.1) is 5.73 Å². The number of rotatable bonds is 12. The van der Waals surface area contributed by atoms with Gasteiger partial charge in [-0.25, -0.2) is 0 Å². The first kappa shape index (κ1) is 17.3. The van der Waals surface area contributed by atoms with E-state index in [-0.39, 0.29) is 11.9 Å². The van der Waals surface area contributed by atoms with Gasteiger partial charge in [-0.05, 0) is 30.9 Å². The van der Waals surface area contributed by atoms with E-state index in [1.807, 2.05) is 0 Å². The number of esters is 1. The molecular formula is C20H32O2. The average Bonchev–Trinajstić information content (AvgIpc) is 3.15. The van der Waals surface area contributed by atoms with E-state index in [4.69, 9.17) is 4.74 Å². The number of carbonyl (C=O) groups is 1. The van der Waals surface area contributed by atoms with Crippen molar-refractivity contribution in [2.75, 3.05) is 6.61 Å². The molecule has 1 fully saturated rings. The second kappa shape index (κ2) is 9.90. The van der Waals surface area contributed by atoms with Crippen LogP contribution in [0.4, 0.5) is 0 Å². The summed E-state index contributed by atoms with van der Waals surface area (Å²) in [5, 5.41) is 0. The summed E-state index contributed by atoms with van der Waals surface area (Å²) >= 11 is 0.